The summed E-state index contributed by atoms with van der Waals surface area (Å²) in [6.45, 7) is 3.85. The molecule has 1 aromatic carbocycles. The molecule has 7 heteroatoms. The van der Waals surface area contributed by atoms with Gasteiger partial charge in [-0.3, -0.25) is 9.78 Å². The number of nitrogens with zero attached hydrogens (tertiary/aromatic N) is 4. The van der Waals surface area contributed by atoms with Crippen LogP contribution in [0.2, 0.25) is 5.15 Å². The van der Waals surface area contributed by atoms with Crippen molar-refractivity contribution in [3.05, 3.63) is 76.3 Å². The molecule has 0 saturated heterocycles. The summed E-state index contributed by atoms with van der Waals surface area (Å²) in [6.07, 6.45) is 4.59. The van der Waals surface area contributed by atoms with Crippen LogP contribution in [0.25, 0.3) is 5.69 Å². The Morgan fingerprint density at radius 3 is 2.52 bits per heavy atom. The number of rotatable bonds is 4. The molecule has 0 aliphatic heterocycles. The smallest absolute Gasteiger partial charge is 0.267 e. The molecule has 0 fully saturated rings. The molecule has 0 atom stereocenters. The van der Waals surface area contributed by atoms with Crippen LogP contribution in [0.1, 0.15) is 27.2 Å². The molecule has 0 aliphatic carbocycles. The van der Waals surface area contributed by atoms with E-state index in [1.54, 1.807) is 29.2 Å². The molecule has 0 aliphatic rings. The molecule has 3 rings (SSSR count). The molecule has 1 amide bonds. The van der Waals surface area contributed by atoms with E-state index in [-0.39, 0.29) is 5.91 Å². The Morgan fingerprint density at radius 1 is 1.16 bits per heavy atom. The molecule has 0 saturated carbocycles. The van der Waals surface area contributed by atoms with Gasteiger partial charge in [0, 0.05) is 18.0 Å². The van der Waals surface area contributed by atoms with E-state index in [9.17, 15) is 4.79 Å². The molecule has 0 bridgehead atoms. The first-order chi connectivity index (χ1) is 12.1. The molecule has 3 aromatic rings. The minimum Gasteiger partial charge on any atom is -0.267 e. The van der Waals surface area contributed by atoms with Crippen molar-refractivity contribution in [1.29, 1.82) is 0 Å². The number of amides is 1. The summed E-state index contributed by atoms with van der Waals surface area (Å²) in [4.78, 5) is 15.8. The molecule has 0 radical (unpaired) electrons. The van der Waals surface area contributed by atoms with Gasteiger partial charge in [-0.05, 0) is 38.1 Å². The van der Waals surface area contributed by atoms with Crippen molar-refractivity contribution >= 4 is 23.7 Å². The summed E-state index contributed by atoms with van der Waals surface area (Å²) < 4.78 is 1.64. The standard InChI is InChI=1S/C18H16ClN5O/c1-12-3-5-15(6-4-12)24-17(19)16(13(2)23-24)11-21-22-18(25)14-7-9-20-10-8-14/h3-11H,1-2H3,(H,22,25). The van der Waals surface area contributed by atoms with Crippen LogP contribution in [-0.2, 0) is 0 Å². The fraction of sp³-hybridized carbons (Fsp3) is 0.111. The first kappa shape index (κ1) is 16.9. The average molecular weight is 354 g/mol. The number of carbonyl (C=O) groups excluding carboxylic acids is 1. The van der Waals surface area contributed by atoms with Crippen molar-refractivity contribution in [1.82, 2.24) is 20.2 Å². The van der Waals surface area contributed by atoms with Crippen molar-refractivity contribution in [3.63, 3.8) is 0 Å². The number of carbonyl (C=O) groups is 1. The zero-order chi connectivity index (χ0) is 17.8. The van der Waals surface area contributed by atoms with Crippen molar-refractivity contribution in [2.45, 2.75) is 13.8 Å². The molecular formula is C18H16ClN5O. The van der Waals surface area contributed by atoms with Crippen LogP contribution < -0.4 is 5.43 Å². The van der Waals surface area contributed by atoms with Crippen LogP contribution in [0.15, 0.2) is 53.9 Å². The van der Waals surface area contributed by atoms with E-state index >= 15 is 0 Å². The number of hydrogen-bond acceptors (Lipinski definition) is 4. The zero-order valence-corrected chi connectivity index (χ0v) is 14.5. The van der Waals surface area contributed by atoms with Crippen LogP contribution in [0.4, 0.5) is 0 Å². The van der Waals surface area contributed by atoms with Crippen molar-refractivity contribution in [3.8, 4) is 5.69 Å². The van der Waals surface area contributed by atoms with Gasteiger partial charge in [0.2, 0.25) is 0 Å². The zero-order valence-electron chi connectivity index (χ0n) is 13.8. The minimum atomic E-state index is -0.321. The van der Waals surface area contributed by atoms with E-state index in [1.165, 1.54) is 6.21 Å². The molecule has 2 heterocycles. The van der Waals surface area contributed by atoms with Crippen molar-refractivity contribution in [2.24, 2.45) is 5.10 Å². The Balaban J connectivity index is 1.79. The van der Waals surface area contributed by atoms with E-state index in [0.29, 0.717) is 22.0 Å². The predicted octanol–water partition coefficient (Wildman–Crippen LogP) is 3.30. The number of halogens is 1. The minimum absolute atomic E-state index is 0.321. The Kier molecular flexibility index (Phi) is 4.90. The molecule has 25 heavy (non-hydrogen) atoms. The second-order valence-corrected chi connectivity index (χ2v) is 5.83. The summed E-state index contributed by atoms with van der Waals surface area (Å²) in [6, 6.07) is 11.1. The third kappa shape index (κ3) is 3.75. The molecule has 2 aromatic heterocycles. The highest BCUT2D eigenvalue weighted by molar-refractivity contribution is 6.32. The number of nitrogens with one attached hydrogen (secondary N) is 1. The highest BCUT2D eigenvalue weighted by Crippen LogP contribution is 2.22. The number of benzene rings is 1. The lowest BCUT2D eigenvalue weighted by atomic mass is 10.2. The van der Waals surface area contributed by atoms with Gasteiger partial charge in [-0.2, -0.15) is 10.2 Å². The van der Waals surface area contributed by atoms with Gasteiger partial charge in [0.05, 0.1) is 23.2 Å². The van der Waals surface area contributed by atoms with Gasteiger partial charge in [0.15, 0.2) is 0 Å². The Labute approximate surface area is 150 Å². The number of aryl methyl sites for hydroxylation is 2. The molecule has 126 valence electrons. The lowest BCUT2D eigenvalue weighted by molar-refractivity contribution is 0.0955. The van der Waals surface area contributed by atoms with Gasteiger partial charge in [-0.15, -0.1) is 0 Å². The fourth-order valence-corrected chi connectivity index (χ4v) is 2.56. The Hall–Kier alpha value is -2.99. The summed E-state index contributed by atoms with van der Waals surface area (Å²) in [5.41, 5.74) is 6.33. The van der Waals surface area contributed by atoms with Gasteiger partial charge in [0.1, 0.15) is 5.15 Å². The topological polar surface area (TPSA) is 72.2 Å². The molecule has 1 N–H and O–H groups in total. The van der Waals surface area contributed by atoms with E-state index in [4.69, 9.17) is 11.6 Å². The molecule has 0 spiro atoms. The van der Waals surface area contributed by atoms with E-state index < -0.39 is 0 Å². The van der Waals surface area contributed by atoms with E-state index in [1.807, 2.05) is 38.1 Å². The first-order valence-electron chi connectivity index (χ1n) is 7.62. The third-order valence-electron chi connectivity index (χ3n) is 3.63. The number of pyridine rings is 1. The highest BCUT2D eigenvalue weighted by Gasteiger charge is 2.13. The predicted molar refractivity (Wildman–Crippen MR) is 97.3 cm³/mol. The van der Waals surface area contributed by atoms with Gasteiger partial charge in [-0.1, -0.05) is 29.3 Å². The second-order valence-electron chi connectivity index (χ2n) is 5.47. The maximum absolute atomic E-state index is 12.0. The van der Waals surface area contributed by atoms with Crippen LogP contribution in [0, 0.1) is 13.8 Å². The van der Waals surface area contributed by atoms with Gasteiger partial charge in [-0.25, -0.2) is 10.1 Å². The van der Waals surface area contributed by atoms with Gasteiger partial charge in [0.25, 0.3) is 5.91 Å². The lowest BCUT2D eigenvalue weighted by Crippen LogP contribution is -2.17. The fourth-order valence-electron chi connectivity index (χ4n) is 2.24. The molecule has 0 unspecified atom stereocenters. The summed E-state index contributed by atoms with van der Waals surface area (Å²) >= 11 is 6.42. The quantitative estimate of drug-likeness (QED) is 0.577. The maximum atomic E-state index is 12.0. The Morgan fingerprint density at radius 2 is 1.84 bits per heavy atom. The van der Waals surface area contributed by atoms with Crippen molar-refractivity contribution in [2.75, 3.05) is 0 Å². The highest BCUT2D eigenvalue weighted by atomic mass is 35.5. The van der Waals surface area contributed by atoms with Crippen LogP contribution in [-0.4, -0.2) is 26.9 Å². The van der Waals surface area contributed by atoms with Crippen molar-refractivity contribution < 1.29 is 4.79 Å². The first-order valence-corrected chi connectivity index (χ1v) is 7.99. The van der Waals surface area contributed by atoms with E-state index in [2.05, 4.69) is 20.6 Å². The second kappa shape index (κ2) is 7.27. The van der Waals surface area contributed by atoms with E-state index in [0.717, 1.165) is 11.3 Å². The maximum Gasteiger partial charge on any atom is 0.271 e. The van der Waals surface area contributed by atoms with Crippen LogP contribution in [0.5, 0.6) is 0 Å². The third-order valence-corrected chi connectivity index (χ3v) is 3.99. The monoisotopic (exact) mass is 353 g/mol. The van der Waals surface area contributed by atoms with Crippen LogP contribution >= 0.6 is 11.6 Å². The average Bonchev–Trinajstić information content (AvgIpc) is 2.91. The Bertz CT molecular complexity index is 917. The van der Waals surface area contributed by atoms with Gasteiger partial charge < -0.3 is 0 Å². The summed E-state index contributed by atoms with van der Waals surface area (Å²) in [7, 11) is 0. The summed E-state index contributed by atoms with van der Waals surface area (Å²) in [5.74, 6) is -0.321. The molecule has 6 nitrogen and oxygen atoms in total. The summed E-state index contributed by atoms with van der Waals surface area (Å²) in [5, 5.41) is 8.85. The SMILES string of the molecule is Cc1ccc(-n2nc(C)c(C=NNC(=O)c3ccncc3)c2Cl)cc1. The number of aromatic nitrogens is 3. The number of hydrogen-bond donors (Lipinski definition) is 1. The lowest BCUT2D eigenvalue weighted by Gasteiger charge is -2.03. The van der Waals surface area contributed by atoms with Crippen LogP contribution in [0.3, 0.4) is 0 Å². The normalized spacial score (nSPS) is 11.0. The number of hydrazone groups is 1. The largest absolute Gasteiger partial charge is 0.271 e. The molecular weight excluding hydrogens is 338 g/mol. The van der Waals surface area contributed by atoms with Gasteiger partial charge >= 0.3 is 0 Å².